The number of aromatic nitrogens is 2. The molecule has 0 aromatic carbocycles. The van der Waals surface area contributed by atoms with E-state index in [0.717, 1.165) is 29.7 Å². The molecule has 2 aromatic heterocycles. The first-order chi connectivity index (χ1) is 10.2. The van der Waals surface area contributed by atoms with Crippen LogP contribution in [0.25, 0.3) is 6.08 Å². The topological polar surface area (TPSA) is 66.3 Å². The molecule has 5 nitrogen and oxygen atoms in total. The molecule has 0 saturated heterocycles. The van der Waals surface area contributed by atoms with E-state index in [1.165, 1.54) is 0 Å². The molecular weight excluding hydrogens is 266 g/mol. The summed E-state index contributed by atoms with van der Waals surface area (Å²) in [6.45, 7) is 3.41. The fourth-order valence-corrected chi connectivity index (χ4v) is 1.99. The first kappa shape index (κ1) is 14.7. The Bertz CT molecular complexity index is 626. The maximum atomic E-state index is 10.7. The Kier molecular flexibility index (Phi) is 5.04. The number of rotatable bonds is 6. The third kappa shape index (κ3) is 4.14. The fourth-order valence-electron chi connectivity index (χ4n) is 1.99. The lowest BCUT2D eigenvalue weighted by Gasteiger charge is -2.23. The van der Waals surface area contributed by atoms with Gasteiger partial charge in [-0.3, -0.25) is 4.98 Å². The summed E-state index contributed by atoms with van der Waals surface area (Å²) in [5.74, 6) is -0.222. The number of anilines is 1. The molecule has 0 aliphatic carbocycles. The average Bonchev–Trinajstić information content (AvgIpc) is 2.52. The molecule has 0 amide bonds. The lowest BCUT2D eigenvalue weighted by atomic mass is 10.2. The zero-order valence-corrected chi connectivity index (χ0v) is 11.8. The van der Waals surface area contributed by atoms with Crippen molar-refractivity contribution in [1.82, 2.24) is 9.97 Å². The van der Waals surface area contributed by atoms with Crippen molar-refractivity contribution in [3.05, 3.63) is 60.1 Å². The summed E-state index contributed by atoms with van der Waals surface area (Å²) in [5.41, 5.74) is 1.72. The van der Waals surface area contributed by atoms with Crippen LogP contribution in [0.5, 0.6) is 0 Å². The lowest BCUT2D eigenvalue weighted by molar-refractivity contribution is -0.131. The molecule has 0 unspecified atom stereocenters. The molecule has 2 aromatic rings. The van der Waals surface area contributed by atoms with Crippen LogP contribution < -0.4 is 4.90 Å². The molecule has 0 aliphatic rings. The van der Waals surface area contributed by atoms with Gasteiger partial charge in [0.2, 0.25) is 0 Å². The molecule has 0 spiro atoms. The van der Waals surface area contributed by atoms with E-state index < -0.39 is 5.97 Å². The van der Waals surface area contributed by atoms with Crippen molar-refractivity contribution >= 4 is 17.9 Å². The van der Waals surface area contributed by atoms with Crippen molar-refractivity contribution in [3.8, 4) is 0 Å². The van der Waals surface area contributed by atoms with Gasteiger partial charge >= 0.3 is 5.97 Å². The number of nitrogens with zero attached hydrogens (tertiary/aromatic N) is 3. The van der Waals surface area contributed by atoms with E-state index in [9.17, 15) is 4.79 Å². The van der Waals surface area contributed by atoms with Crippen molar-refractivity contribution in [1.29, 1.82) is 0 Å². The van der Waals surface area contributed by atoms with Crippen LogP contribution in [0.2, 0.25) is 0 Å². The maximum Gasteiger partial charge on any atom is 0.328 e. The van der Waals surface area contributed by atoms with Gasteiger partial charge in [0.25, 0.3) is 0 Å². The van der Waals surface area contributed by atoms with Crippen LogP contribution in [0.15, 0.2) is 48.8 Å². The Labute approximate surface area is 123 Å². The zero-order valence-electron chi connectivity index (χ0n) is 11.8. The van der Waals surface area contributed by atoms with Gasteiger partial charge in [-0.25, -0.2) is 9.78 Å². The highest BCUT2D eigenvalue weighted by Crippen LogP contribution is 2.20. The Morgan fingerprint density at radius 3 is 2.71 bits per heavy atom. The smallest absolute Gasteiger partial charge is 0.328 e. The summed E-state index contributed by atoms with van der Waals surface area (Å²) in [5, 5.41) is 8.77. The van der Waals surface area contributed by atoms with Crippen LogP contribution in [-0.2, 0) is 11.3 Å². The quantitative estimate of drug-likeness (QED) is 0.825. The molecule has 0 radical (unpaired) electrons. The minimum atomic E-state index is -0.974. The summed E-state index contributed by atoms with van der Waals surface area (Å²) in [6, 6.07) is 9.42. The van der Waals surface area contributed by atoms with Crippen LogP contribution in [-0.4, -0.2) is 27.6 Å². The SMILES string of the molecule is CCN(Cc1ccccn1)c1ncccc1/C=C/C(=O)O. The molecule has 2 rings (SSSR count). The van der Waals surface area contributed by atoms with Crippen molar-refractivity contribution in [2.24, 2.45) is 0 Å². The van der Waals surface area contributed by atoms with Crippen LogP contribution >= 0.6 is 0 Å². The molecule has 0 saturated carbocycles. The first-order valence-corrected chi connectivity index (χ1v) is 6.71. The van der Waals surface area contributed by atoms with Crippen LogP contribution in [0.4, 0.5) is 5.82 Å². The number of carbonyl (C=O) groups is 1. The number of hydrogen-bond acceptors (Lipinski definition) is 4. The monoisotopic (exact) mass is 283 g/mol. The largest absolute Gasteiger partial charge is 0.478 e. The molecule has 2 heterocycles. The van der Waals surface area contributed by atoms with E-state index in [1.54, 1.807) is 24.5 Å². The molecule has 0 atom stereocenters. The minimum absolute atomic E-state index is 0.627. The lowest BCUT2D eigenvalue weighted by Crippen LogP contribution is -2.24. The second-order valence-electron chi connectivity index (χ2n) is 4.42. The van der Waals surface area contributed by atoms with E-state index in [0.29, 0.717) is 6.54 Å². The van der Waals surface area contributed by atoms with Crippen molar-refractivity contribution in [2.75, 3.05) is 11.4 Å². The summed E-state index contributed by atoms with van der Waals surface area (Å²) in [4.78, 5) is 21.4. The Balaban J connectivity index is 2.27. The van der Waals surface area contributed by atoms with E-state index in [2.05, 4.69) is 14.9 Å². The Morgan fingerprint density at radius 1 is 1.24 bits per heavy atom. The van der Waals surface area contributed by atoms with Crippen molar-refractivity contribution < 1.29 is 9.90 Å². The second-order valence-corrected chi connectivity index (χ2v) is 4.42. The van der Waals surface area contributed by atoms with Crippen molar-refractivity contribution in [2.45, 2.75) is 13.5 Å². The summed E-state index contributed by atoms with van der Waals surface area (Å²) >= 11 is 0. The summed E-state index contributed by atoms with van der Waals surface area (Å²) in [7, 11) is 0. The van der Waals surface area contributed by atoms with Crippen LogP contribution in [0, 0.1) is 0 Å². The second kappa shape index (κ2) is 7.19. The predicted molar refractivity (Wildman–Crippen MR) is 81.9 cm³/mol. The summed E-state index contributed by atoms with van der Waals surface area (Å²) in [6.07, 6.45) is 6.14. The Hall–Kier alpha value is -2.69. The van der Waals surface area contributed by atoms with Gasteiger partial charge in [0, 0.05) is 30.6 Å². The first-order valence-electron chi connectivity index (χ1n) is 6.71. The highest BCUT2D eigenvalue weighted by Gasteiger charge is 2.10. The fraction of sp³-hybridized carbons (Fsp3) is 0.188. The zero-order chi connectivity index (χ0) is 15.1. The predicted octanol–water partition coefficient (Wildman–Crippen LogP) is 2.60. The Morgan fingerprint density at radius 2 is 2.05 bits per heavy atom. The highest BCUT2D eigenvalue weighted by atomic mass is 16.4. The minimum Gasteiger partial charge on any atom is -0.478 e. The maximum absolute atomic E-state index is 10.7. The van der Waals surface area contributed by atoms with Crippen LogP contribution in [0.3, 0.4) is 0 Å². The molecular formula is C16H17N3O2. The number of pyridine rings is 2. The molecule has 0 fully saturated rings. The molecule has 21 heavy (non-hydrogen) atoms. The van der Waals surface area contributed by atoms with E-state index in [-0.39, 0.29) is 0 Å². The van der Waals surface area contributed by atoms with E-state index in [4.69, 9.17) is 5.11 Å². The van der Waals surface area contributed by atoms with Crippen molar-refractivity contribution in [3.63, 3.8) is 0 Å². The van der Waals surface area contributed by atoms with Gasteiger partial charge < -0.3 is 10.0 Å². The third-order valence-corrected chi connectivity index (χ3v) is 2.98. The van der Waals surface area contributed by atoms with E-state index >= 15 is 0 Å². The van der Waals surface area contributed by atoms with Gasteiger partial charge in [-0.2, -0.15) is 0 Å². The normalized spacial score (nSPS) is 10.7. The molecule has 0 bridgehead atoms. The number of carboxylic acid groups (broad SMARTS) is 1. The van der Waals surface area contributed by atoms with Gasteiger partial charge in [0.15, 0.2) is 0 Å². The van der Waals surface area contributed by atoms with Gasteiger partial charge in [-0.1, -0.05) is 6.07 Å². The number of aliphatic carboxylic acids is 1. The molecule has 0 aliphatic heterocycles. The third-order valence-electron chi connectivity index (χ3n) is 2.98. The molecule has 5 heteroatoms. The molecule has 1 N–H and O–H groups in total. The van der Waals surface area contributed by atoms with Gasteiger partial charge in [0.05, 0.1) is 12.2 Å². The number of carboxylic acids is 1. The average molecular weight is 283 g/mol. The molecule has 108 valence electrons. The van der Waals surface area contributed by atoms with Crippen LogP contribution in [0.1, 0.15) is 18.2 Å². The van der Waals surface area contributed by atoms with Gasteiger partial charge in [0.1, 0.15) is 5.82 Å². The van der Waals surface area contributed by atoms with Gasteiger partial charge in [-0.05, 0) is 37.3 Å². The number of hydrogen-bond donors (Lipinski definition) is 1. The summed E-state index contributed by atoms with van der Waals surface area (Å²) < 4.78 is 0. The standard InChI is InChI=1S/C16H17N3O2/c1-2-19(12-14-7-3-4-10-17-14)16-13(6-5-11-18-16)8-9-15(20)21/h3-11H,2,12H2,1H3,(H,20,21)/b9-8+. The van der Waals surface area contributed by atoms with Gasteiger partial charge in [-0.15, -0.1) is 0 Å². The highest BCUT2D eigenvalue weighted by molar-refractivity contribution is 5.86. The van der Waals surface area contributed by atoms with E-state index in [1.807, 2.05) is 31.2 Å².